The standard InChI is InChI=1S/C12H13NO3S2/c1-12(2,11(14)15)18-7-8-6-16-10(13-8)9-4-3-5-17-9/h3-6H,7H2,1-2H3,(H,14,15). The molecule has 0 bridgehead atoms. The normalized spacial score (nSPS) is 11.7. The number of thiophene rings is 1. The molecule has 2 aromatic heterocycles. The zero-order chi connectivity index (χ0) is 13.2. The lowest BCUT2D eigenvalue weighted by Crippen LogP contribution is -2.27. The lowest BCUT2D eigenvalue weighted by Gasteiger charge is -2.17. The molecule has 0 saturated carbocycles. The fraction of sp³-hybridized carbons (Fsp3) is 0.333. The molecule has 0 aliphatic carbocycles. The number of aliphatic carboxylic acids is 1. The van der Waals surface area contributed by atoms with E-state index in [1.807, 2.05) is 17.5 Å². The average Bonchev–Trinajstić information content (AvgIpc) is 2.97. The number of nitrogens with zero attached hydrogens (tertiary/aromatic N) is 1. The van der Waals surface area contributed by atoms with E-state index in [0.717, 1.165) is 10.6 Å². The van der Waals surface area contributed by atoms with E-state index in [2.05, 4.69) is 4.98 Å². The van der Waals surface area contributed by atoms with Crippen molar-refractivity contribution in [3.63, 3.8) is 0 Å². The van der Waals surface area contributed by atoms with Crippen LogP contribution in [0.1, 0.15) is 19.5 Å². The van der Waals surface area contributed by atoms with Gasteiger partial charge in [0.05, 0.1) is 10.6 Å². The van der Waals surface area contributed by atoms with Crippen LogP contribution in [-0.4, -0.2) is 20.8 Å². The molecular weight excluding hydrogens is 270 g/mol. The monoisotopic (exact) mass is 283 g/mol. The van der Waals surface area contributed by atoms with E-state index in [0.29, 0.717) is 11.6 Å². The van der Waals surface area contributed by atoms with E-state index in [9.17, 15) is 4.79 Å². The van der Waals surface area contributed by atoms with Crippen molar-refractivity contribution in [1.29, 1.82) is 0 Å². The van der Waals surface area contributed by atoms with Crippen LogP contribution in [0, 0.1) is 0 Å². The van der Waals surface area contributed by atoms with Crippen LogP contribution < -0.4 is 0 Å². The van der Waals surface area contributed by atoms with Crippen LogP contribution in [0.4, 0.5) is 0 Å². The first kappa shape index (κ1) is 13.2. The van der Waals surface area contributed by atoms with Crippen LogP contribution in [0.2, 0.25) is 0 Å². The van der Waals surface area contributed by atoms with Crippen molar-refractivity contribution < 1.29 is 14.3 Å². The van der Waals surface area contributed by atoms with Crippen LogP contribution in [0.15, 0.2) is 28.2 Å². The second-order valence-electron chi connectivity index (χ2n) is 4.23. The predicted octanol–water partition coefficient (Wildman–Crippen LogP) is 3.50. The molecule has 0 amide bonds. The molecule has 18 heavy (non-hydrogen) atoms. The molecule has 0 radical (unpaired) electrons. The van der Waals surface area contributed by atoms with Gasteiger partial charge in [0.15, 0.2) is 0 Å². The molecule has 6 heteroatoms. The largest absolute Gasteiger partial charge is 0.480 e. The van der Waals surface area contributed by atoms with Crippen molar-refractivity contribution in [2.45, 2.75) is 24.3 Å². The Kier molecular flexibility index (Phi) is 3.77. The Hall–Kier alpha value is -1.27. The second-order valence-corrected chi connectivity index (χ2v) is 6.77. The van der Waals surface area contributed by atoms with Crippen molar-refractivity contribution in [2.24, 2.45) is 0 Å². The highest BCUT2D eigenvalue weighted by Crippen LogP contribution is 2.30. The van der Waals surface area contributed by atoms with Gasteiger partial charge in [-0.25, -0.2) is 4.98 Å². The minimum atomic E-state index is -0.825. The topological polar surface area (TPSA) is 63.3 Å². The molecule has 2 heterocycles. The summed E-state index contributed by atoms with van der Waals surface area (Å²) in [4.78, 5) is 16.3. The second kappa shape index (κ2) is 5.16. The Balaban J connectivity index is 2.02. The lowest BCUT2D eigenvalue weighted by molar-refractivity contribution is -0.138. The first-order valence-corrected chi connectivity index (χ1v) is 7.21. The Labute approximate surface area is 113 Å². The lowest BCUT2D eigenvalue weighted by atomic mass is 10.2. The van der Waals surface area contributed by atoms with Crippen LogP contribution in [0.25, 0.3) is 10.8 Å². The summed E-state index contributed by atoms with van der Waals surface area (Å²) in [7, 11) is 0. The third-order valence-corrected chi connectivity index (χ3v) is 4.57. The molecular formula is C12H13NO3S2. The number of carboxylic acid groups (broad SMARTS) is 1. The van der Waals surface area contributed by atoms with E-state index in [1.54, 1.807) is 31.4 Å². The van der Waals surface area contributed by atoms with Crippen molar-refractivity contribution in [3.05, 3.63) is 29.5 Å². The highest BCUT2D eigenvalue weighted by Gasteiger charge is 2.27. The first-order chi connectivity index (χ1) is 8.49. The molecule has 0 unspecified atom stereocenters. The Morgan fingerprint density at radius 1 is 1.61 bits per heavy atom. The molecule has 0 spiro atoms. The summed E-state index contributed by atoms with van der Waals surface area (Å²) in [5, 5.41) is 11.0. The summed E-state index contributed by atoms with van der Waals surface area (Å²) >= 11 is 2.89. The molecule has 0 fully saturated rings. The summed E-state index contributed by atoms with van der Waals surface area (Å²) in [5.74, 6) is 0.289. The third kappa shape index (κ3) is 2.94. The van der Waals surface area contributed by atoms with Gasteiger partial charge in [-0.05, 0) is 25.3 Å². The van der Waals surface area contributed by atoms with Gasteiger partial charge in [0.2, 0.25) is 5.89 Å². The quantitative estimate of drug-likeness (QED) is 0.910. The highest BCUT2D eigenvalue weighted by atomic mass is 32.2. The number of thioether (sulfide) groups is 1. The van der Waals surface area contributed by atoms with Gasteiger partial charge in [0.25, 0.3) is 0 Å². The number of rotatable bonds is 5. The Bertz CT molecular complexity index is 531. The number of hydrogen-bond donors (Lipinski definition) is 1. The van der Waals surface area contributed by atoms with Gasteiger partial charge in [-0.2, -0.15) is 0 Å². The van der Waals surface area contributed by atoms with Gasteiger partial charge in [-0.15, -0.1) is 23.1 Å². The van der Waals surface area contributed by atoms with Gasteiger partial charge >= 0.3 is 5.97 Å². The number of carbonyl (C=O) groups is 1. The predicted molar refractivity (Wildman–Crippen MR) is 72.8 cm³/mol. The summed E-state index contributed by atoms with van der Waals surface area (Å²) in [6.07, 6.45) is 1.58. The molecule has 0 saturated heterocycles. The van der Waals surface area contributed by atoms with Gasteiger partial charge in [0.1, 0.15) is 11.0 Å². The zero-order valence-electron chi connectivity index (χ0n) is 10.0. The van der Waals surface area contributed by atoms with E-state index < -0.39 is 10.7 Å². The number of hydrogen-bond acceptors (Lipinski definition) is 5. The summed E-state index contributed by atoms with van der Waals surface area (Å²) in [6, 6.07) is 3.88. The third-order valence-electron chi connectivity index (χ3n) is 2.38. The van der Waals surface area contributed by atoms with Gasteiger partial charge < -0.3 is 9.52 Å². The van der Waals surface area contributed by atoms with Crippen LogP contribution in [-0.2, 0) is 10.5 Å². The molecule has 0 aliphatic heterocycles. The van der Waals surface area contributed by atoms with Crippen molar-refractivity contribution >= 4 is 29.1 Å². The SMILES string of the molecule is CC(C)(SCc1coc(-c2cccs2)n1)C(=O)O. The number of carboxylic acids is 1. The summed E-state index contributed by atoms with van der Waals surface area (Å²) in [5.41, 5.74) is 0.762. The van der Waals surface area contributed by atoms with Crippen LogP contribution >= 0.6 is 23.1 Å². The molecule has 2 aromatic rings. The van der Waals surface area contributed by atoms with Crippen molar-refractivity contribution in [2.75, 3.05) is 0 Å². The van der Waals surface area contributed by atoms with E-state index in [1.165, 1.54) is 11.8 Å². The van der Waals surface area contributed by atoms with E-state index >= 15 is 0 Å². The minimum Gasteiger partial charge on any atom is -0.480 e. The fourth-order valence-electron chi connectivity index (χ4n) is 1.20. The molecule has 0 atom stereocenters. The number of aromatic nitrogens is 1. The smallest absolute Gasteiger partial charge is 0.319 e. The summed E-state index contributed by atoms with van der Waals surface area (Å²) in [6.45, 7) is 3.36. The molecule has 0 aliphatic rings. The van der Waals surface area contributed by atoms with Gasteiger partial charge in [-0.1, -0.05) is 6.07 Å². The maximum Gasteiger partial charge on any atom is 0.319 e. The molecule has 4 nitrogen and oxygen atoms in total. The first-order valence-electron chi connectivity index (χ1n) is 5.34. The average molecular weight is 283 g/mol. The maximum absolute atomic E-state index is 11.0. The Morgan fingerprint density at radius 2 is 2.39 bits per heavy atom. The molecule has 0 aromatic carbocycles. The van der Waals surface area contributed by atoms with Crippen molar-refractivity contribution in [3.8, 4) is 10.8 Å². The number of oxazole rings is 1. The van der Waals surface area contributed by atoms with Crippen molar-refractivity contribution in [1.82, 2.24) is 4.98 Å². The van der Waals surface area contributed by atoms with Gasteiger partial charge in [0, 0.05) is 5.75 Å². The maximum atomic E-state index is 11.0. The molecule has 96 valence electrons. The Morgan fingerprint density at radius 3 is 3.00 bits per heavy atom. The summed E-state index contributed by atoms with van der Waals surface area (Å²) < 4.78 is 4.56. The highest BCUT2D eigenvalue weighted by molar-refractivity contribution is 8.00. The minimum absolute atomic E-state index is 0.522. The zero-order valence-corrected chi connectivity index (χ0v) is 11.7. The van der Waals surface area contributed by atoms with E-state index in [-0.39, 0.29) is 0 Å². The van der Waals surface area contributed by atoms with Crippen LogP contribution in [0.5, 0.6) is 0 Å². The van der Waals surface area contributed by atoms with Gasteiger partial charge in [-0.3, -0.25) is 4.79 Å². The molecule has 2 rings (SSSR count). The van der Waals surface area contributed by atoms with E-state index in [4.69, 9.17) is 9.52 Å². The van der Waals surface area contributed by atoms with Crippen LogP contribution in [0.3, 0.4) is 0 Å². The fourth-order valence-corrected chi connectivity index (χ4v) is 2.62. The molecule has 1 N–H and O–H groups in total.